The lowest BCUT2D eigenvalue weighted by Gasteiger charge is -2.36. The molecule has 4 N–H and O–H groups in total. The Kier molecular flexibility index (Phi) is 5.37. The number of carbonyl (C=O) groups is 3. The molecule has 3 unspecified atom stereocenters. The van der Waals surface area contributed by atoms with Crippen LogP contribution >= 0.6 is 0 Å². The summed E-state index contributed by atoms with van der Waals surface area (Å²) in [6, 6.07) is 12.6. The Morgan fingerprint density at radius 1 is 1.18 bits per heavy atom. The van der Waals surface area contributed by atoms with Crippen molar-refractivity contribution in [3.63, 3.8) is 0 Å². The van der Waals surface area contributed by atoms with Crippen LogP contribution in [0.4, 0.5) is 10.5 Å². The molecule has 3 aromatic rings. The van der Waals surface area contributed by atoms with Crippen molar-refractivity contribution in [1.29, 1.82) is 0 Å². The third-order valence-corrected chi connectivity index (χ3v) is 6.31. The zero-order valence-electron chi connectivity index (χ0n) is 18.1. The van der Waals surface area contributed by atoms with Crippen LogP contribution in [0.15, 0.2) is 54.7 Å². The maximum absolute atomic E-state index is 13.2. The van der Waals surface area contributed by atoms with Crippen LogP contribution in [-0.4, -0.2) is 59.5 Å². The quantitative estimate of drug-likeness (QED) is 0.479. The van der Waals surface area contributed by atoms with Gasteiger partial charge in [-0.15, -0.1) is 0 Å². The Bertz CT molecular complexity index is 1220. The van der Waals surface area contributed by atoms with Crippen LogP contribution in [0.1, 0.15) is 12.0 Å². The number of nitrogens with zero attached hydrogens (tertiary/aromatic N) is 1. The number of piperazine rings is 1. The number of para-hydroxylation sites is 1. The zero-order valence-corrected chi connectivity index (χ0v) is 18.1. The summed E-state index contributed by atoms with van der Waals surface area (Å²) >= 11 is 0. The summed E-state index contributed by atoms with van der Waals surface area (Å²) < 4.78 is 5.17. The molecule has 0 saturated carbocycles. The van der Waals surface area contributed by atoms with Gasteiger partial charge in [-0.3, -0.25) is 9.59 Å². The first kappa shape index (κ1) is 20.9. The predicted octanol–water partition coefficient (Wildman–Crippen LogP) is 2.01. The van der Waals surface area contributed by atoms with E-state index in [-0.39, 0.29) is 11.8 Å². The molecule has 0 bridgehead atoms. The number of aromatic nitrogens is 1. The van der Waals surface area contributed by atoms with Crippen molar-refractivity contribution < 1.29 is 19.1 Å². The number of hydrogen-bond acceptors (Lipinski definition) is 4. The summed E-state index contributed by atoms with van der Waals surface area (Å²) in [6.45, 7) is 0.422. The van der Waals surface area contributed by atoms with Gasteiger partial charge in [-0.1, -0.05) is 24.3 Å². The Balaban J connectivity index is 1.25. The largest absolute Gasteiger partial charge is 0.497 e. The number of rotatable bonds is 5. The molecule has 2 aliphatic rings. The van der Waals surface area contributed by atoms with Crippen molar-refractivity contribution in [3.8, 4) is 5.75 Å². The zero-order chi connectivity index (χ0) is 22.9. The van der Waals surface area contributed by atoms with Crippen molar-refractivity contribution in [2.75, 3.05) is 19.0 Å². The van der Waals surface area contributed by atoms with Crippen LogP contribution in [0, 0.1) is 0 Å². The lowest BCUT2D eigenvalue weighted by molar-refractivity contribution is -0.147. The maximum atomic E-state index is 13.2. The average molecular weight is 447 g/mol. The van der Waals surface area contributed by atoms with Gasteiger partial charge in [-0.05, 0) is 30.2 Å². The number of carbonyl (C=O) groups excluding carboxylic acids is 3. The molecular formula is C24H25N5O4. The molecule has 3 atom stereocenters. The van der Waals surface area contributed by atoms with E-state index in [9.17, 15) is 14.4 Å². The lowest BCUT2D eigenvalue weighted by Crippen LogP contribution is -2.65. The lowest BCUT2D eigenvalue weighted by atomic mass is 9.99. The van der Waals surface area contributed by atoms with Gasteiger partial charge in [-0.25, -0.2) is 4.79 Å². The van der Waals surface area contributed by atoms with E-state index in [0.717, 1.165) is 16.5 Å². The van der Waals surface area contributed by atoms with Crippen LogP contribution in [-0.2, 0) is 16.0 Å². The summed E-state index contributed by atoms with van der Waals surface area (Å²) in [5.74, 6) is 0.254. The minimum absolute atomic E-state index is 0.123. The van der Waals surface area contributed by atoms with Gasteiger partial charge >= 0.3 is 6.03 Å². The third kappa shape index (κ3) is 3.97. The van der Waals surface area contributed by atoms with E-state index in [1.54, 1.807) is 36.3 Å². The molecule has 9 heteroatoms. The second kappa shape index (κ2) is 8.50. The number of anilines is 1. The highest BCUT2D eigenvalue weighted by Crippen LogP contribution is 2.26. The molecule has 33 heavy (non-hydrogen) atoms. The highest BCUT2D eigenvalue weighted by Gasteiger charge is 2.48. The first-order chi connectivity index (χ1) is 16.0. The number of nitrogens with one attached hydrogen (secondary N) is 4. The SMILES string of the molecule is COc1cccc(NC(=O)NC2CCN3C(=O)C(Cc4c[nH]c5ccccc45)NC(=O)C23)c1. The number of fused-ring (bicyclic) bond motifs is 2. The van der Waals surface area contributed by atoms with E-state index in [4.69, 9.17) is 4.74 Å². The summed E-state index contributed by atoms with van der Waals surface area (Å²) in [7, 11) is 1.55. The van der Waals surface area contributed by atoms with Gasteiger partial charge in [0.1, 0.15) is 17.8 Å². The predicted molar refractivity (Wildman–Crippen MR) is 123 cm³/mol. The number of urea groups is 1. The van der Waals surface area contributed by atoms with E-state index in [1.807, 2.05) is 30.5 Å². The Morgan fingerprint density at radius 2 is 2.03 bits per heavy atom. The fourth-order valence-electron chi connectivity index (χ4n) is 4.73. The van der Waals surface area contributed by atoms with Gasteiger partial charge in [0.15, 0.2) is 0 Å². The number of aromatic amines is 1. The molecule has 3 heterocycles. The fourth-order valence-corrected chi connectivity index (χ4v) is 4.73. The van der Waals surface area contributed by atoms with Gasteiger partial charge in [0.05, 0.1) is 13.2 Å². The fraction of sp³-hybridized carbons (Fsp3) is 0.292. The number of amides is 4. The minimum Gasteiger partial charge on any atom is -0.497 e. The van der Waals surface area contributed by atoms with Crippen LogP contribution in [0.3, 0.4) is 0 Å². The van der Waals surface area contributed by atoms with E-state index in [2.05, 4.69) is 20.9 Å². The first-order valence-electron chi connectivity index (χ1n) is 10.9. The molecule has 2 aromatic carbocycles. The number of H-pyrrole nitrogens is 1. The molecule has 2 saturated heterocycles. The third-order valence-electron chi connectivity index (χ3n) is 6.31. The molecule has 2 fully saturated rings. The normalized spacial score (nSPS) is 22.1. The molecule has 2 aliphatic heterocycles. The molecule has 0 spiro atoms. The summed E-state index contributed by atoms with van der Waals surface area (Å²) in [6.07, 6.45) is 2.80. The maximum Gasteiger partial charge on any atom is 0.319 e. The van der Waals surface area contributed by atoms with E-state index >= 15 is 0 Å². The van der Waals surface area contributed by atoms with Crippen molar-refractivity contribution in [2.45, 2.75) is 31.0 Å². The molecule has 9 nitrogen and oxygen atoms in total. The van der Waals surface area contributed by atoms with Gasteiger partial charge in [-0.2, -0.15) is 0 Å². The second-order valence-electron chi connectivity index (χ2n) is 8.33. The van der Waals surface area contributed by atoms with Gasteiger partial charge in [0, 0.05) is 41.8 Å². The van der Waals surface area contributed by atoms with Crippen molar-refractivity contribution in [1.82, 2.24) is 20.5 Å². The van der Waals surface area contributed by atoms with E-state index in [0.29, 0.717) is 30.8 Å². The second-order valence-corrected chi connectivity index (χ2v) is 8.33. The molecule has 170 valence electrons. The van der Waals surface area contributed by atoms with E-state index < -0.39 is 24.2 Å². The van der Waals surface area contributed by atoms with Crippen LogP contribution in [0.25, 0.3) is 10.9 Å². The summed E-state index contributed by atoms with van der Waals surface area (Å²) in [4.78, 5) is 43.5. The van der Waals surface area contributed by atoms with Crippen molar-refractivity contribution in [3.05, 3.63) is 60.3 Å². The van der Waals surface area contributed by atoms with Crippen molar-refractivity contribution >= 4 is 34.4 Å². The molecule has 0 aliphatic carbocycles. The Hall–Kier alpha value is -4.01. The first-order valence-corrected chi connectivity index (χ1v) is 10.9. The number of methoxy groups -OCH3 is 1. The van der Waals surface area contributed by atoms with Crippen LogP contribution in [0.2, 0.25) is 0 Å². The van der Waals surface area contributed by atoms with Gasteiger partial charge < -0.3 is 30.6 Å². The number of ether oxygens (including phenoxy) is 1. The molecule has 0 radical (unpaired) electrons. The van der Waals surface area contributed by atoms with Crippen molar-refractivity contribution in [2.24, 2.45) is 0 Å². The summed E-state index contributed by atoms with van der Waals surface area (Å²) in [5.41, 5.74) is 2.55. The number of benzene rings is 2. The Morgan fingerprint density at radius 3 is 2.88 bits per heavy atom. The average Bonchev–Trinajstić information content (AvgIpc) is 3.42. The number of hydrogen-bond donors (Lipinski definition) is 4. The highest BCUT2D eigenvalue weighted by molar-refractivity contribution is 5.99. The minimum atomic E-state index is -0.715. The van der Waals surface area contributed by atoms with E-state index in [1.165, 1.54) is 0 Å². The van der Waals surface area contributed by atoms with Crippen LogP contribution in [0.5, 0.6) is 5.75 Å². The monoisotopic (exact) mass is 447 g/mol. The molecular weight excluding hydrogens is 422 g/mol. The topological polar surface area (TPSA) is 116 Å². The standard InChI is InChI=1S/C24H25N5O4/c1-33-16-6-4-5-15(12-16)26-24(32)28-19-9-10-29-21(19)22(30)27-20(23(29)31)11-14-13-25-18-8-3-2-7-17(14)18/h2-8,12-13,19-21,25H,9-11H2,1H3,(H,27,30)(H2,26,28,32). The molecule has 1 aromatic heterocycles. The smallest absolute Gasteiger partial charge is 0.319 e. The molecule has 4 amide bonds. The van der Waals surface area contributed by atoms with Crippen LogP contribution < -0.4 is 20.7 Å². The molecule has 5 rings (SSSR count). The highest BCUT2D eigenvalue weighted by atomic mass is 16.5. The van der Waals surface area contributed by atoms with Gasteiger partial charge in [0.25, 0.3) is 0 Å². The summed E-state index contributed by atoms with van der Waals surface area (Å²) in [5, 5.41) is 9.52. The van der Waals surface area contributed by atoms with Gasteiger partial charge in [0.2, 0.25) is 11.8 Å². The Labute approximate surface area is 190 Å².